The van der Waals surface area contributed by atoms with E-state index >= 15 is 0 Å². The molecule has 0 N–H and O–H groups in total. The second-order valence-corrected chi connectivity index (χ2v) is 9.85. The molecule has 1 heterocycles. The van der Waals surface area contributed by atoms with Gasteiger partial charge in [-0.3, -0.25) is 9.59 Å². The lowest BCUT2D eigenvalue weighted by Gasteiger charge is -2.42. The van der Waals surface area contributed by atoms with E-state index in [0.717, 1.165) is 17.5 Å². The van der Waals surface area contributed by atoms with Gasteiger partial charge in [-0.15, -0.1) is 0 Å². The lowest BCUT2D eigenvalue weighted by atomic mass is 9.72. The lowest BCUT2D eigenvalue weighted by Crippen LogP contribution is -2.33. The highest BCUT2D eigenvalue weighted by Crippen LogP contribution is 2.51. The zero-order valence-corrected chi connectivity index (χ0v) is 20.1. The first-order valence-corrected chi connectivity index (χ1v) is 12.0. The Kier molecular flexibility index (Phi) is 4.66. The van der Waals surface area contributed by atoms with Gasteiger partial charge in [0.05, 0.1) is 5.57 Å². The number of carbonyl (C=O) groups excluding carboxylic acids is 2. The number of hydrogen-bond acceptors (Lipinski definition) is 3. The Balaban J connectivity index is 1.49. The van der Waals surface area contributed by atoms with Crippen molar-refractivity contribution in [2.75, 3.05) is 11.4 Å². The van der Waals surface area contributed by atoms with Gasteiger partial charge in [-0.25, -0.2) is 0 Å². The normalized spacial score (nSPS) is 17.0. The molecule has 0 bridgehead atoms. The summed E-state index contributed by atoms with van der Waals surface area (Å²) in [5.41, 5.74) is 7.23. The van der Waals surface area contributed by atoms with Gasteiger partial charge in [0.25, 0.3) is 0 Å². The number of carbonyl (C=O) groups is 2. The van der Waals surface area contributed by atoms with Crippen LogP contribution in [0.15, 0.2) is 78.4 Å². The van der Waals surface area contributed by atoms with Crippen molar-refractivity contribution in [3.05, 3.63) is 106 Å². The first-order valence-electron chi connectivity index (χ1n) is 12.0. The summed E-state index contributed by atoms with van der Waals surface area (Å²) >= 11 is 0. The molecule has 1 aliphatic carbocycles. The quantitative estimate of drug-likeness (QED) is 0.216. The van der Waals surface area contributed by atoms with Gasteiger partial charge in [0.15, 0.2) is 11.6 Å². The van der Waals surface area contributed by atoms with Crippen LogP contribution in [0.1, 0.15) is 58.2 Å². The van der Waals surface area contributed by atoms with Crippen LogP contribution in [0.3, 0.4) is 0 Å². The maximum Gasteiger partial charge on any atom is 0.197 e. The molecule has 168 valence electrons. The number of hydrogen-bond donors (Lipinski definition) is 0. The predicted octanol–water partition coefficient (Wildman–Crippen LogP) is 5.89. The number of Topliss-reactive ketones (excluding diaryl/α,β-unsaturated/α-hetero) is 2. The Bertz CT molecular complexity index is 1610. The second kappa shape index (κ2) is 7.54. The lowest BCUT2D eigenvalue weighted by molar-refractivity contribution is 0.0990. The summed E-state index contributed by atoms with van der Waals surface area (Å²) in [5, 5.41) is 2.27. The summed E-state index contributed by atoms with van der Waals surface area (Å²) in [5.74, 6) is -0.508. The zero-order valence-electron chi connectivity index (χ0n) is 20.1. The number of anilines is 2. The van der Waals surface area contributed by atoms with Crippen molar-refractivity contribution in [1.29, 1.82) is 0 Å². The minimum Gasteiger partial charge on any atom is -0.341 e. The van der Waals surface area contributed by atoms with E-state index in [0.29, 0.717) is 16.6 Å². The third kappa shape index (κ3) is 3.06. The molecule has 4 aromatic rings. The van der Waals surface area contributed by atoms with E-state index in [9.17, 15) is 9.59 Å². The van der Waals surface area contributed by atoms with Crippen LogP contribution in [0.5, 0.6) is 0 Å². The van der Waals surface area contributed by atoms with Crippen molar-refractivity contribution >= 4 is 53.1 Å². The number of allylic oxidation sites excluding steroid dienone is 1. The standard InChI is InChI=1S/C31H24BNO2/c1-4-33-26-8-6-5-7-25(26)31(2,3)28-21-12-9-18(15-19(21)10-14-27(28)33)16-24-29(34)22-13-11-20(32)17-23(22)30(24)35/h5-17H,4H2,1-3H3/b24-16-. The molecule has 0 saturated carbocycles. The van der Waals surface area contributed by atoms with Crippen molar-refractivity contribution in [3.63, 3.8) is 0 Å². The van der Waals surface area contributed by atoms with Crippen LogP contribution in [0, 0.1) is 0 Å². The third-order valence-electron chi connectivity index (χ3n) is 7.46. The molecule has 4 aromatic carbocycles. The predicted molar refractivity (Wildman–Crippen MR) is 144 cm³/mol. The van der Waals surface area contributed by atoms with Crippen LogP contribution in [-0.2, 0) is 5.41 Å². The van der Waals surface area contributed by atoms with Crippen molar-refractivity contribution < 1.29 is 9.59 Å². The Morgan fingerprint density at radius 1 is 0.857 bits per heavy atom. The number of nitrogens with zero attached hydrogens (tertiary/aromatic N) is 1. The van der Waals surface area contributed by atoms with Crippen LogP contribution >= 0.6 is 0 Å². The van der Waals surface area contributed by atoms with Crippen LogP contribution in [-0.4, -0.2) is 26.0 Å². The summed E-state index contributed by atoms with van der Waals surface area (Å²) in [6.45, 7) is 7.63. The van der Waals surface area contributed by atoms with Gasteiger partial charge in [0.2, 0.25) is 0 Å². The fraction of sp³-hybridized carbons (Fsp3) is 0.161. The summed E-state index contributed by atoms with van der Waals surface area (Å²) < 4.78 is 0. The summed E-state index contributed by atoms with van der Waals surface area (Å²) in [6, 6.07) is 24.0. The second-order valence-electron chi connectivity index (χ2n) is 9.85. The Morgan fingerprint density at radius 3 is 2.43 bits per heavy atom. The Labute approximate surface area is 206 Å². The van der Waals surface area contributed by atoms with E-state index in [-0.39, 0.29) is 22.6 Å². The van der Waals surface area contributed by atoms with E-state index in [1.807, 2.05) is 6.07 Å². The van der Waals surface area contributed by atoms with E-state index in [1.165, 1.54) is 27.9 Å². The first kappa shape index (κ1) is 21.6. The van der Waals surface area contributed by atoms with E-state index in [1.54, 1.807) is 24.3 Å². The van der Waals surface area contributed by atoms with E-state index in [4.69, 9.17) is 7.85 Å². The van der Waals surface area contributed by atoms with Crippen LogP contribution in [0.2, 0.25) is 0 Å². The zero-order chi connectivity index (χ0) is 24.5. The number of fused-ring (bicyclic) bond motifs is 5. The smallest absolute Gasteiger partial charge is 0.197 e. The highest BCUT2D eigenvalue weighted by atomic mass is 16.2. The van der Waals surface area contributed by atoms with Gasteiger partial charge in [-0.1, -0.05) is 73.9 Å². The van der Waals surface area contributed by atoms with Gasteiger partial charge in [0.1, 0.15) is 7.85 Å². The van der Waals surface area contributed by atoms with Crippen LogP contribution < -0.4 is 10.4 Å². The first-order chi connectivity index (χ1) is 16.8. The monoisotopic (exact) mass is 453 g/mol. The average molecular weight is 453 g/mol. The molecule has 0 spiro atoms. The molecule has 6 rings (SSSR count). The molecule has 1 aliphatic heterocycles. The average Bonchev–Trinajstić information content (AvgIpc) is 3.08. The molecular weight excluding hydrogens is 429 g/mol. The molecule has 2 radical (unpaired) electrons. The van der Waals surface area contributed by atoms with E-state index < -0.39 is 0 Å². The van der Waals surface area contributed by atoms with E-state index in [2.05, 4.69) is 74.2 Å². The van der Waals surface area contributed by atoms with Crippen molar-refractivity contribution in [2.45, 2.75) is 26.2 Å². The number of para-hydroxylation sites is 1. The Hall–Kier alpha value is -3.92. The van der Waals surface area contributed by atoms with Crippen molar-refractivity contribution in [1.82, 2.24) is 0 Å². The molecule has 4 heteroatoms. The molecule has 0 fully saturated rings. The molecular formula is C31H24BNO2. The minimum absolute atomic E-state index is 0.171. The van der Waals surface area contributed by atoms with Crippen molar-refractivity contribution in [2.24, 2.45) is 0 Å². The maximum absolute atomic E-state index is 12.9. The van der Waals surface area contributed by atoms with Crippen molar-refractivity contribution in [3.8, 4) is 0 Å². The molecule has 0 amide bonds. The SMILES string of the molecule is [B]c1ccc2c(c1)C(=O)/C(=C\c1ccc3c4c(ccc3c1)N(CC)c1ccccc1C4(C)C)C2=O. The number of ketones is 2. The fourth-order valence-corrected chi connectivity index (χ4v) is 5.79. The third-order valence-corrected chi connectivity index (χ3v) is 7.46. The fourth-order valence-electron chi connectivity index (χ4n) is 5.79. The molecule has 35 heavy (non-hydrogen) atoms. The summed E-state index contributed by atoms with van der Waals surface area (Å²) in [6.07, 6.45) is 1.71. The van der Waals surface area contributed by atoms with Gasteiger partial charge >= 0.3 is 0 Å². The highest BCUT2D eigenvalue weighted by molar-refractivity contribution is 6.43. The number of benzene rings is 4. The van der Waals surface area contributed by atoms with Crippen LogP contribution in [0.4, 0.5) is 11.4 Å². The number of rotatable bonds is 2. The van der Waals surface area contributed by atoms with Gasteiger partial charge < -0.3 is 4.90 Å². The molecule has 0 aromatic heterocycles. The summed E-state index contributed by atoms with van der Waals surface area (Å²) in [7, 11) is 5.84. The molecule has 2 aliphatic rings. The topological polar surface area (TPSA) is 37.4 Å². The maximum atomic E-state index is 12.9. The minimum atomic E-state index is -0.265. The largest absolute Gasteiger partial charge is 0.341 e. The molecule has 0 unspecified atom stereocenters. The molecule has 0 saturated heterocycles. The van der Waals surface area contributed by atoms with Crippen LogP contribution in [0.25, 0.3) is 16.8 Å². The molecule has 0 atom stereocenters. The van der Waals surface area contributed by atoms with Gasteiger partial charge in [-0.05, 0) is 58.7 Å². The summed E-state index contributed by atoms with van der Waals surface area (Å²) in [4.78, 5) is 28.2. The Morgan fingerprint density at radius 2 is 1.63 bits per heavy atom. The highest BCUT2D eigenvalue weighted by Gasteiger charge is 2.37. The molecule has 3 nitrogen and oxygen atoms in total. The van der Waals surface area contributed by atoms with Gasteiger partial charge in [-0.2, -0.15) is 0 Å². The van der Waals surface area contributed by atoms with Gasteiger partial charge in [0, 0.05) is 34.5 Å².